The summed E-state index contributed by atoms with van der Waals surface area (Å²) in [5.41, 5.74) is -1.42. The highest BCUT2D eigenvalue weighted by Crippen LogP contribution is 2.25. The molecule has 0 saturated carbocycles. The highest BCUT2D eigenvalue weighted by molar-refractivity contribution is 6.11. The Morgan fingerprint density at radius 3 is 2.13 bits per heavy atom. The molecule has 2 aromatic rings. The summed E-state index contributed by atoms with van der Waals surface area (Å²) in [5, 5.41) is 21.3. The van der Waals surface area contributed by atoms with Crippen LogP contribution in [0.3, 0.4) is 0 Å². The van der Waals surface area contributed by atoms with E-state index in [4.69, 9.17) is 10.5 Å². The molecule has 2 aromatic carbocycles. The van der Waals surface area contributed by atoms with Gasteiger partial charge in [-0.2, -0.15) is 0 Å². The van der Waals surface area contributed by atoms with Gasteiger partial charge < -0.3 is 15.7 Å². The Labute approximate surface area is 175 Å². The minimum absolute atomic E-state index is 0.0440. The monoisotopic (exact) mass is 437 g/mol. The molecule has 6 nitrogen and oxygen atoms in total. The van der Waals surface area contributed by atoms with E-state index in [0.717, 1.165) is 11.6 Å². The van der Waals surface area contributed by atoms with E-state index in [1.165, 1.54) is 12.1 Å². The molecule has 4 N–H and O–H groups in total. The molecule has 164 valence electrons. The van der Waals surface area contributed by atoms with Gasteiger partial charge in [0.05, 0.1) is 6.42 Å². The van der Waals surface area contributed by atoms with Crippen LogP contribution in [0.4, 0.5) is 17.6 Å². The predicted octanol–water partition coefficient (Wildman–Crippen LogP) is 3.29. The molecule has 0 spiro atoms. The maximum Gasteiger partial charge on any atom is 0.304 e. The lowest BCUT2D eigenvalue weighted by atomic mass is 10.0. The number of rotatable bonds is 9. The van der Waals surface area contributed by atoms with Crippen LogP contribution in [0.25, 0.3) is 0 Å². The van der Waals surface area contributed by atoms with Gasteiger partial charge in [0, 0.05) is 24.2 Å². The van der Waals surface area contributed by atoms with Gasteiger partial charge in [-0.1, -0.05) is 30.3 Å². The minimum atomic E-state index is -1.86. The normalized spacial score (nSPS) is 10.6. The van der Waals surface area contributed by atoms with Crippen molar-refractivity contribution in [2.24, 2.45) is 0 Å². The third-order valence-electron chi connectivity index (χ3n) is 4.26. The molecular formula is C21H19F4N3O3. The summed E-state index contributed by atoms with van der Waals surface area (Å²) in [7, 11) is 0. The summed E-state index contributed by atoms with van der Waals surface area (Å²) in [4.78, 5) is 22.7. The fraction of sp³-hybridized carbons (Fsp3) is 0.190. The number of benzene rings is 2. The average Bonchev–Trinajstić information content (AvgIpc) is 2.73. The molecule has 0 bridgehead atoms. The molecule has 0 aliphatic rings. The van der Waals surface area contributed by atoms with E-state index in [1.807, 2.05) is 5.32 Å². The molecule has 0 aromatic heterocycles. The number of aliphatic carboxylic acids is 1. The summed E-state index contributed by atoms with van der Waals surface area (Å²) in [6.45, 7) is 3.87. The number of amidine groups is 1. The first-order valence-electron chi connectivity index (χ1n) is 9.04. The number of carbonyl (C=O) groups excluding carboxylic acids is 1. The molecule has 2 rings (SSSR count). The number of amides is 1. The predicted molar refractivity (Wildman–Crippen MR) is 105 cm³/mol. The number of hydrogen-bond donors (Lipinski definition) is 4. The van der Waals surface area contributed by atoms with Crippen LogP contribution in [0.15, 0.2) is 36.9 Å². The van der Waals surface area contributed by atoms with E-state index in [1.54, 1.807) is 12.1 Å². The first-order valence-corrected chi connectivity index (χ1v) is 9.04. The Morgan fingerprint density at radius 1 is 1.03 bits per heavy atom. The Morgan fingerprint density at radius 2 is 1.61 bits per heavy atom. The lowest BCUT2D eigenvalue weighted by molar-refractivity contribution is -0.136. The molecule has 31 heavy (non-hydrogen) atoms. The molecule has 0 heterocycles. The topological polar surface area (TPSA) is 102 Å². The summed E-state index contributed by atoms with van der Waals surface area (Å²) in [5.74, 6) is -10.1. The van der Waals surface area contributed by atoms with Gasteiger partial charge in [0.1, 0.15) is 11.4 Å². The van der Waals surface area contributed by atoms with Crippen molar-refractivity contribution in [2.75, 3.05) is 6.54 Å². The van der Waals surface area contributed by atoms with Crippen molar-refractivity contribution in [1.82, 2.24) is 10.6 Å². The van der Waals surface area contributed by atoms with Crippen LogP contribution in [0.5, 0.6) is 0 Å². The number of carboxylic acid groups (broad SMARTS) is 1. The van der Waals surface area contributed by atoms with Crippen molar-refractivity contribution < 1.29 is 32.3 Å². The molecule has 0 saturated heterocycles. The van der Waals surface area contributed by atoms with Gasteiger partial charge >= 0.3 is 5.97 Å². The van der Waals surface area contributed by atoms with E-state index in [9.17, 15) is 27.2 Å². The Balaban J connectivity index is 2.11. The van der Waals surface area contributed by atoms with Crippen LogP contribution >= 0.6 is 0 Å². The molecule has 10 heteroatoms. The van der Waals surface area contributed by atoms with Crippen molar-refractivity contribution >= 4 is 17.7 Å². The van der Waals surface area contributed by atoms with Gasteiger partial charge in [-0.05, 0) is 12.0 Å². The van der Waals surface area contributed by atoms with Crippen LogP contribution in [-0.2, 0) is 17.8 Å². The summed E-state index contributed by atoms with van der Waals surface area (Å²) >= 11 is 0. The minimum Gasteiger partial charge on any atom is -0.481 e. The number of halogens is 4. The van der Waals surface area contributed by atoms with Gasteiger partial charge in [0.25, 0.3) is 5.91 Å². The maximum absolute atomic E-state index is 14.2. The Kier molecular flexibility index (Phi) is 8.03. The first kappa shape index (κ1) is 23.7. The van der Waals surface area contributed by atoms with Crippen molar-refractivity contribution in [3.63, 3.8) is 0 Å². The van der Waals surface area contributed by atoms with E-state index >= 15 is 0 Å². The second kappa shape index (κ2) is 10.5. The fourth-order valence-corrected chi connectivity index (χ4v) is 2.67. The molecule has 0 radical (unpaired) electrons. The lowest BCUT2D eigenvalue weighted by Crippen LogP contribution is -2.32. The number of carbonyl (C=O) groups is 2. The molecule has 0 aliphatic heterocycles. The number of carboxylic acids is 1. The zero-order valence-electron chi connectivity index (χ0n) is 16.2. The number of allylic oxidation sites excluding steroid dienone is 1. The van der Waals surface area contributed by atoms with Gasteiger partial charge in [0.2, 0.25) is 0 Å². The smallest absolute Gasteiger partial charge is 0.304 e. The highest BCUT2D eigenvalue weighted by Gasteiger charge is 2.29. The van der Waals surface area contributed by atoms with E-state index in [-0.39, 0.29) is 18.5 Å². The molecule has 1 amide bonds. The van der Waals surface area contributed by atoms with Gasteiger partial charge in [-0.25, -0.2) is 17.6 Å². The maximum atomic E-state index is 14.2. The van der Waals surface area contributed by atoms with E-state index in [0.29, 0.717) is 6.54 Å². The average molecular weight is 437 g/mol. The standard InChI is InChI=1S/C21H19F4N3O3/c1-2-3-13-16(22)18(24)15(19(25)17(13)23)21(31)28-20(26)12-6-4-11(5-7-12)10-27-9-8-14(29)30/h2,4-7,27H,1,3,8-10H2,(H,29,30)(H2,26,28,31). The quantitative estimate of drug-likeness (QED) is 0.121. The zero-order chi connectivity index (χ0) is 23.1. The molecule has 0 fully saturated rings. The summed E-state index contributed by atoms with van der Waals surface area (Å²) in [6.07, 6.45) is 0.541. The fourth-order valence-electron chi connectivity index (χ4n) is 2.67. The molecule has 0 atom stereocenters. The van der Waals surface area contributed by atoms with Gasteiger partial charge in [-0.3, -0.25) is 15.0 Å². The molecule has 0 aliphatic carbocycles. The van der Waals surface area contributed by atoms with Gasteiger partial charge in [0.15, 0.2) is 23.3 Å². The van der Waals surface area contributed by atoms with Gasteiger partial charge in [-0.15, -0.1) is 6.58 Å². The Bertz CT molecular complexity index is 995. The zero-order valence-corrected chi connectivity index (χ0v) is 16.2. The van der Waals surface area contributed by atoms with Crippen LogP contribution in [-0.4, -0.2) is 29.4 Å². The first-order chi connectivity index (χ1) is 14.7. The number of nitrogens with one attached hydrogen (secondary N) is 3. The Hall–Kier alpha value is -3.53. The van der Waals surface area contributed by atoms with Crippen LogP contribution in [0.2, 0.25) is 0 Å². The molecular weight excluding hydrogens is 418 g/mol. The highest BCUT2D eigenvalue weighted by atomic mass is 19.2. The van der Waals surface area contributed by atoms with Crippen molar-refractivity contribution in [2.45, 2.75) is 19.4 Å². The van der Waals surface area contributed by atoms with Crippen molar-refractivity contribution in [3.05, 3.63) is 82.4 Å². The lowest BCUT2D eigenvalue weighted by Gasteiger charge is -2.12. The number of hydrogen-bond acceptors (Lipinski definition) is 4. The molecule has 0 unspecified atom stereocenters. The largest absolute Gasteiger partial charge is 0.481 e. The van der Waals surface area contributed by atoms with E-state index < -0.39 is 58.5 Å². The second-order valence-corrected chi connectivity index (χ2v) is 6.45. The summed E-state index contributed by atoms with van der Waals surface area (Å²) < 4.78 is 56.4. The van der Waals surface area contributed by atoms with E-state index in [2.05, 4.69) is 11.9 Å². The van der Waals surface area contributed by atoms with Crippen LogP contribution < -0.4 is 10.6 Å². The van der Waals surface area contributed by atoms with Crippen molar-refractivity contribution in [1.29, 1.82) is 5.41 Å². The van der Waals surface area contributed by atoms with Crippen molar-refractivity contribution in [3.8, 4) is 0 Å². The second-order valence-electron chi connectivity index (χ2n) is 6.45. The third-order valence-corrected chi connectivity index (χ3v) is 4.26. The third kappa shape index (κ3) is 5.76. The SMILES string of the molecule is C=CCc1c(F)c(F)c(C(=O)NC(=N)c2ccc(CNCCC(=O)O)cc2)c(F)c1F. The van der Waals surface area contributed by atoms with Crippen LogP contribution in [0.1, 0.15) is 33.5 Å². The summed E-state index contributed by atoms with van der Waals surface area (Å²) in [6, 6.07) is 6.07. The van der Waals surface area contributed by atoms with Crippen LogP contribution in [0, 0.1) is 28.7 Å².